The number of rotatable bonds is 3. The van der Waals surface area contributed by atoms with Crippen LogP contribution >= 0.6 is 0 Å². The number of anilines is 1. The fourth-order valence-electron chi connectivity index (χ4n) is 2.44. The number of hydrogen-bond donors (Lipinski definition) is 1. The van der Waals surface area contributed by atoms with Gasteiger partial charge in [0.2, 0.25) is 5.91 Å². The molecule has 1 aromatic rings. The van der Waals surface area contributed by atoms with Crippen molar-refractivity contribution >= 4 is 11.6 Å². The number of nitrogens with zero attached hydrogens (tertiary/aromatic N) is 1. The van der Waals surface area contributed by atoms with Crippen molar-refractivity contribution in [2.45, 2.75) is 25.7 Å². The van der Waals surface area contributed by atoms with Crippen molar-refractivity contribution in [1.82, 2.24) is 5.32 Å². The molecular weight excluding hydrogens is 212 g/mol. The molecule has 1 aliphatic rings. The first-order valence-electron chi connectivity index (χ1n) is 6.04. The molecule has 92 valence electrons. The Morgan fingerprint density at radius 2 is 2.06 bits per heavy atom. The maximum Gasteiger partial charge on any atom is 0.236 e. The van der Waals surface area contributed by atoms with E-state index in [4.69, 9.17) is 0 Å². The van der Waals surface area contributed by atoms with E-state index in [9.17, 15) is 4.79 Å². The molecule has 0 fully saturated rings. The summed E-state index contributed by atoms with van der Waals surface area (Å²) in [4.78, 5) is 13.9. The molecule has 1 heterocycles. The SMILES string of the molecule is CNCCc1ccc2c(c1)C(C)(C)C(=O)N2C. The zero-order valence-corrected chi connectivity index (χ0v) is 11.0. The Kier molecular flexibility index (Phi) is 2.96. The number of amides is 1. The molecule has 1 aliphatic heterocycles. The topological polar surface area (TPSA) is 32.3 Å². The Morgan fingerprint density at radius 1 is 1.35 bits per heavy atom. The fraction of sp³-hybridized carbons (Fsp3) is 0.500. The minimum absolute atomic E-state index is 0.179. The van der Waals surface area contributed by atoms with Gasteiger partial charge in [0.25, 0.3) is 0 Å². The lowest BCUT2D eigenvalue weighted by Crippen LogP contribution is -2.33. The summed E-state index contributed by atoms with van der Waals surface area (Å²) in [6.45, 7) is 4.96. The monoisotopic (exact) mass is 232 g/mol. The van der Waals surface area contributed by atoms with Crippen LogP contribution < -0.4 is 10.2 Å². The van der Waals surface area contributed by atoms with Gasteiger partial charge in [0, 0.05) is 12.7 Å². The highest BCUT2D eigenvalue weighted by atomic mass is 16.2. The Hall–Kier alpha value is -1.35. The zero-order chi connectivity index (χ0) is 12.6. The Bertz CT molecular complexity index is 452. The first-order valence-corrected chi connectivity index (χ1v) is 6.04. The minimum atomic E-state index is -0.389. The molecule has 0 aromatic heterocycles. The normalized spacial score (nSPS) is 17.4. The van der Waals surface area contributed by atoms with Gasteiger partial charge in [-0.2, -0.15) is 0 Å². The first-order chi connectivity index (χ1) is 7.98. The molecule has 0 radical (unpaired) electrons. The molecule has 3 nitrogen and oxygen atoms in total. The van der Waals surface area contributed by atoms with E-state index in [-0.39, 0.29) is 11.3 Å². The number of carbonyl (C=O) groups is 1. The third kappa shape index (κ3) is 1.84. The standard InChI is InChI=1S/C14H20N2O/c1-14(2)11-9-10(7-8-15-3)5-6-12(11)16(4)13(14)17/h5-6,9,15H,7-8H2,1-4H3. The summed E-state index contributed by atoms with van der Waals surface area (Å²) >= 11 is 0. The van der Waals surface area contributed by atoms with Gasteiger partial charge in [-0.3, -0.25) is 4.79 Å². The van der Waals surface area contributed by atoms with Crippen LogP contribution in [0.4, 0.5) is 5.69 Å². The second-order valence-electron chi connectivity index (χ2n) is 5.19. The second kappa shape index (κ2) is 4.15. The summed E-state index contributed by atoms with van der Waals surface area (Å²) in [5, 5.41) is 3.14. The molecule has 0 saturated heterocycles. The van der Waals surface area contributed by atoms with Gasteiger partial charge in [0.1, 0.15) is 0 Å². The van der Waals surface area contributed by atoms with E-state index in [1.54, 1.807) is 4.90 Å². The first kappa shape index (κ1) is 12.1. The number of likely N-dealkylation sites (N-methyl/N-ethyl adjacent to an activating group) is 2. The number of nitrogens with one attached hydrogen (secondary N) is 1. The lowest BCUT2D eigenvalue weighted by atomic mass is 9.85. The van der Waals surface area contributed by atoms with Crippen LogP contribution in [0.25, 0.3) is 0 Å². The maximum absolute atomic E-state index is 12.1. The van der Waals surface area contributed by atoms with Gasteiger partial charge in [-0.25, -0.2) is 0 Å². The lowest BCUT2D eigenvalue weighted by molar-refractivity contribution is -0.121. The van der Waals surface area contributed by atoms with Gasteiger partial charge in [-0.15, -0.1) is 0 Å². The summed E-state index contributed by atoms with van der Waals surface area (Å²) in [5.74, 6) is 0.179. The smallest absolute Gasteiger partial charge is 0.236 e. The second-order valence-corrected chi connectivity index (χ2v) is 5.19. The number of carbonyl (C=O) groups excluding carboxylic acids is 1. The van der Waals surface area contributed by atoms with Gasteiger partial charge in [0.15, 0.2) is 0 Å². The Morgan fingerprint density at radius 3 is 2.71 bits per heavy atom. The largest absolute Gasteiger partial charge is 0.319 e. The van der Waals surface area contributed by atoms with E-state index in [0.29, 0.717) is 0 Å². The Labute approximate surface area is 103 Å². The van der Waals surface area contributed by atoms with Gasteiger partial charge in [0.05, 0.1) is 5.41 Å². The highest BCUT2D eigenvalue weighted by Gasteiger charge is 2.41. The Balaban J connectivity index is 2.40. The summed E-state index contributed by atoms with van der Waals surface area (Å²) < 4.78 is 0. The van der Waals surface area contributed by atoms with Crippen LogP contribution in [0.1, 0.15) is 25.0 Å². The molecule has 0 saturated carbocycles. The molecule has 0 bridgehead atoms. The average molecular weight is 232 g/mol. The van der Waals surface area contributed by atoms with Crippen LogP contribution in [0.15, 0.2) is 18.2 Å². The summed E-state index contributed by atoms with van der Waals surface area (Å²) in [7, 11) is 3.80. The average Bonchev–Trinajstić information content (AvgIpc) is 2.49. The van der Waals surface area contributed by atoms with E-state index in [1.165, 1.54) is 5.56 Å². The van der Waals surface area contributed by atoms with Crippen LogP contribution in [0.2, 0.25) is 0 Å². The van der Waals surface area contributed by atoms with Crippen LogP contribution in [-0.4, -0.2) is 26.5 Å². The quantitative estimate of drug-likeness (QED) is 0.860. The van der Waals surface area contributed by atoms with Gasteiger partial charge >= 0.3 is 0 Å². The highest BCUT2D eigenvalue weighted by molar-refractivity contribution is 6.07. The minimum Gasteiger partial charge on any atom is -0.319 e. The maximum atomic E-state index is 12.1. The molecule has 2 rings (SSSR count). The number of hydrogen-bond acceptors (Lipinski definition) is 2. The third-order valence-electron chi connectivity index (χ3n) is 3.60. The van der Waals surface area contributed by atoms with Crippen molar-refractivity contribution in [2.24, 2.45) is 0 Å². The van der Waals surface area contributed by atoms with Crippen LogP contribution in [0.3, 0.4) is 0 Å². The third-order valence-corrected chi connectivity index (χ3v) is 3.60. The molecule has 0 aliphatic carbocycles. The van der Waals surface area contributed by atoms with Crippen molar-refractivity contribution in [3.63, 3.8) is 0 Å². The van der Waals surface area contributed by atoms with Crippen molar-refractivity contribution in [3.05, 3.63) is 29.3 Å². The molecule has 1 aromatic carbocycles. The zero-order valence-electron chi connectivity index (χ0n) is 11.0. The van der Waals surface area contributed by atoms with Crippen molar-refractivity contribution < 1.29 is 4.79 Å². The van der Waals surface area contributed by atoms with E-state index in [2.05, 4.69) is 23.5 Å². The molecule has 1 N–H and O–H groups in total. The lowest BCUT2D eigenvalue weighted by Gasteiger charge is -2.16. The van der Waals surface area contributed by atoms with Crippen LogP contribution in [0, 0.1) is 0 Å². The van der Waals surface area contributed by atoms with E-state index in [1.807, 2.05) is 27.9 Å². The molecule has 3 heteroatoms. The molecule has 0 atom stereocenters. The van der Waals surface area contributed by atoms with Crippen LogP contribution in [-0.2, 0) is 16.6 Å². The molecular formula is C14H20N2O. The molecule has 0 spiro atoms. The molecule has 0 unspecified atom stereocenters. The van der Waals surface area contributed by atoms with E-state index >= 15 is 0 Å². The van der Waals surface area contributed by atoms with Crippen LogP contribution in [0.5, 0.6) is 0 Å². The van der Waals surface area contributed by atoms with Crippen molar-refractivity contribution in [1.29, 1.82) is 0 Å². The van der Waals surface area contributed by atoms with E-state index in [0.717, 1.165) is 24.2 Å². The molecule has 1 amide bonds. The number of fused-ring (bicyclic) bond motifs is 1. The number of benzene rings is 1. The predicted molar refractivity (Wildman–Crippen MR) is 70.5 cm³/mol. The van der Waals surface area contributed by atoms with Gasteiger partial charge in [-0.1, -0.05) is 12.1 Å². The van der Waals surface area contributed by atoms with E-state index < -0.39 is 0 Å². The van der Waals surface area contributed by atoms with Gasteiger partial charge in [-0.05, 0) is 51.1 Å². The summed E-state index contributed by atoms with van der Waals surface area (Å²) in [5.41, 5.74) is 3.10. The molecule has 17 heavy (non-hydrogen) atoms. The van der Waals surface area contributed by atoms with Crippen molar-refractivity contribution in [2.75, 3.05) is 25.5 Å². The predicted octanol–water partition coefficient (Wildman–Crippen LogP) is 1.70. The van der Waals surface area contributed by atoms with Crippen molar-refractivity contribution in [3.8, 4) is 0 Å². The summed E-state index contributed by atoms with van der Waals surface area (Å²) in [6.07, 6.45) is 0.998. The highest BCUT2D eigenvalue weighted by Crippen LogP contribution is 2.40. The van der Waals surface area contributed by atoms with Gasteiger partial charge < -0.3 is 10.2 Å². The summed E-state index contributed by atoms with van der Waals surface area (Å²) in [6, 6.07) is 6.35. The fourth-order valence-corrected chi connectivity index (χ4v) is 2.44.